The van der Waals surface area contributed by atoms with Crippen LogP contribution < -0.4 is 16.4 Å². The lowest BCUT2D eigenvalue weighted by Crippen LogP contribution is -2.15. The summed E-state index contributed by atoms with van der Waals surface area (Å²) in [5, 5.41) is 6.62. The molecule has 4 heteroatoms. The molecule has 2 aromatic rings. The first-order valence-electron chi connectivity index (χ1n) is 11.4. The van der Waals surface area contributed by atoms with Crippen LogP contribution in [0.4, 0.5) is 10.1 Å². The van der Waals surface area contributed by atoms with E-state index in [1.165, 1.54) is 29.7 Å². The normalized spacial score (nSPS) is 11.5. The average Bonchev–Trinajstić information content (AvgIpc) is 2.74. The van der Waals surface area contributed by atoms with E-state index in [1.54, 1.807) is 13.8 Å². The lowest BCUT2D eigenvalue weighted by Gasteiger charge is -2.14. The monoisotopic (exact) mass is 427 g/mol. The van der Waals surface area contributed by atoms with Gasteiger partial charge in [-0.1, -0.05) is 55.8 Å². The van der Waals surface area contributed by atoms with Crippen LogP contribution >= 0.6 is 0 Å². The second-order valence-electron chi connectivity index (χ2n) is 8.55. The third kappa shape index (κ3) is 12.8. The third-order valence-corrected chi connectivity index (χ3v) is 4.85. The first-order chi connectivity index (χ1) is 14.8. The largest absolute Gasteiger partial charge is 0.385 e. The van der Waals surface area contributed by atoms with E-state index < -0.39 is 5.67 Å². The van der Waals surface area contributed by atoms with Gasteiger partial charge in [-0.15, -0.1) is 0 Å². The molecule has 0 aliphatic heterocycles. The van der Waals surface area contributed by atoms with Crippen LogP contribution in [0.3, 0.4) is 0 Å². The van der Waals surface area contributed by atoms with Gasteiger partial charge in [0.25, 0.3) is 0 Å². The van der Waals surface area contributed by atoms with E-state index in [-0.39, 0.29) is 0 Å². The van der Waals surface area contributed by atoms with Crippen molar-refractivity contribution >= 4 is 5.69 Å². The summed E-state index contributed by atoms with van der Waals surface area (Å²) in [7, 11) is 0. The van der Waals surface area contributed by atoms with Gasteiger partial charge in [0.1, 0.15) is 5.67 Å². The average molecular weight is 428 g/mol. The summed E-state index contributed by atoms with van der Waals surface area (Å²) in [6.45, 7) is 12.0. The van der Waals surface area contributed by atoms with Gasteiger partial charge >= 0.3 is 0 Å². The van der Waals surface area contributed by atoms with Gasteiger partial charge in [-0.05, 0) is 75.9 Å². The molecule has 0 aromatic heterocycles. The molecule has 172 valence electrons. The Morgan fingerprint density at radius 1 is 1.00 bits per heavy atom. The SMILES string of the molecule is C/C=C(\C)NCc1ccc(CCC)cc1.CC(C)(F)Cc1ccc(NCCCN)cc1. The Morgan fingerprint density at radius 2 is 1.58 bits per heavy atom. The standard InChI is InChI=1S/C14H21N.C13H21FN2/c1-4-6-13-7-9-14(10-8-13)11-15-12(3)5-2;1-13(2,14)10-11-4-6-12(7-5-11)16-9-3-8-15/h5,7-10,15H,4,6,11H2,1-3H3;4-7,16H,3,8-10,15H2,1-2H3/b12-5+;. The number of anilines is 1. The molecule has 31 heavy (non-hydrogen) atoms. The molecule has 0 aliphatic rings. The van der Waals surface area contributed by atoms with Gasteiger partial charge in [0.2, 0.25) is 0 Å². The number of halogens is 1. The highest BCUT2D eigenvalue weighted by atomic mass is 19.1. The molecule has 0 unspecified atom stereocenters. The Morgan fingerprint density at radius 3 is 2.10 bits per heavy atom. The molecule has 0 amide bonds. The second kappa shape index (κ2) is 14.6. The molecule has 0 spiro atoms. The highest BCUT2D eigenvalue weighted by Gasteiger charge is 2.15. The molecule has 0 bridgehead atoms. The van der Waals surface area contributed by atoms with E-state index in [2.05, 4.69) is 54.8 Å². The highest BCUT2D eigenvalue weighted by Crippen LogP contribution is 2.18. The molecule has 4 N–H and O–H groups in total. The van der Waals surface area contributed by atoms with E-state index in [4.69, 9.17) is 5.73 Å². The van der Waals surface area contributed by atoms with Crippen LogP contribution in [-0.2, 0) is 19.4 Å². The predicted molar refractivity (Wildman–Crippen MR) is 134 cm³/mol. The summed E-state index contributed by atoms with van der Waals surface area (Å²) < 4.78 is 13.4. The topological polar surface area (TPSA) is 50.1 Å². The van der Waals surface area contributed by atoms with Crippen molar-refractivity contribution in [3.63, 3.8) is 0 Å². The van der Waals surface area contributed by atoms with Crippen LogP contribution in [0.2, 0.25) is 0 Å². The van der Waals surface area contributed by atoms with Crippen molar-refractivity contribution in [2.24, 2.45) is 5.73 Å². The fourth-order valence-corrected chi connectivity index (χ4v) is 3.02. The molecule has 2 aromatic carbocycles. The van der Waals surface area contributed by atoms with Crippen LogP contribution in [0.25, 0.3) is 0 Å². The lowest BCUT2D eigenvalue weighted by molar-refractivity contribution is 0.217. The molecular weight excluding hydrogens is 385 g/mol. The van der Waals surface area contributed by atoms with Crippen molar-refractivity contribution < 1.29 is 4.39 Å². The van der Waals surface area contributed by atoms with Crippen molar-refractivity contribution in [1.82, 2.24) is 5.32 Å². The minimum absolute atomic E-state index is 0.454. The van der Waals surface area contributed by atoms with Gasteiger partial charge in [-0.2, -0.15) is 0 Å². The number of hydrogen-bond donors (Lipinski definition) is 3. The number of alkyl halides is 1. The molecular formula is C27H42FN3. The predicted octanol–water partition coefficient (Wildman–Crippen LogP) is 6.39. The molecule has 0 heterocycles. The summed E-state index contributed by atoms with van der Waals surface area (Å²) in [4.78, 5) is 0. The summed E-state index contributed by atoms with van der Waals surface area (Å²) in [5.74, 6) is 0. The van der Waals surface area contributed by atoms with Crippen LogP contribution in [0, 0.1) is 0 Å². The summed E-state index contributed by atoms with van der Waals surface area (Å²) in [6.07, 6.45) is 5.90. The summed E-state index contributed by atoms with van der Waals surface area (Å²) >= 11 is 0. The van der Waals surface area contributed by atoms with Crippen molar-refractivity contribution in [2.45, 2.75) is 72.5 Å². The van der Waals surface area contributed by atoms with E-state index >= 15 is 0 Å². The molecule has 2 rings (SSSR count). The minimum Gasteiger partial charge on any atom is -0.385 e. The zero-order chi connectivity index (χ0) is 23.1. The zero-order valence-electron chi connectivity index (χ0n) is 20.1. The fraction of sp³-hybridized carbons (Fsp3) is 0.481. The number of hydrogen-bond acceptors (Lipinski definition) is 3. The van der Waals surface area contributed by atoms with E-state index in [9.17, 15) is 4.39 Å². The van der Waals surface area contributed by atoms with Crippen molar-refractivity contribution in [3.8, 4) is 0 Å². The van der Waals surface area contributed by atoms with Crippen LogP contribution in [0.5, 0.6) is 0 Å². The molecule has 0 atom stereocenters. The maximum atomic E-state index is 13.4. The molecule has 0 saturated carbocycles. The molecule has 0 saturated heterocycles. The molecule has 0 aliphatic carbocycles. The minimum atomic E-state index is -1.14. The van der Waals surface area contributed by atoms with Gasteiger partial charge in [0.05, 0.1) is 0 Å². The van der Waals surface area contributed by atoms with Crippen LogP contribution in [-0.4, -0.2) is 18.8 Å². The Hall–Kier alpha value is -2.33. The van der Waals surface area contributed by atoms with Crippen LogP contribution in [0.15, 0.2) is 60.3 Å². The van der Waals surface area contributed by atoms with E-state index in [1.807, 2.05) is 31.2 Å². The van der Waals surface area contributed by atoms with Gasteiger partial charge in [0.15, 0.2) is 0 Å². The Balaban J connectivity index is 0.000000311. The fourth-order valence-electron chi connectivity index (χ4n) is 3.02. The van der Waals surface area contributed by atoms with Gasteiger partial charge in [-0.25, -0.2) is 4.39 Å². The second-order valence-corrected chi connectivity index (χ2v) is 8.55. The highest BCUT2D eigenvalue weighted by molar-refractivity contribution is 5.44. The van der Waals surface area contributed by atoms with Gasteiger partial charge in [0, 0.05) is 30.9 Å². The maximum absolute atomic E-state index is 13.4. The smallest absolute Gasteiger partial charge is 0.109 e. The van der Waals surface area contributed by atoms with E-state index in [0.717, 1.165) is 30.8 Å². The number of benzene rings is 2. The third-order valence-electron chi connectivity index (χ3n) is 4.85. The summed E-state index contributed by atoms with van der Waals surface area (Å²) in [6, 6.07) is 16.8. The van der Waals surface area contributed by atoms with Crippen molar-refractivity contribution in [2.75, 3.05) is 18.4 Å². The number of allylic oxidation sites excluding steroid dienone is 2. The number of nitrogens with one attached hydrogen (secondary N) is 2. The quantitative estimate of drug-likeness (QED) is 0.364. The number of nitrogens with two attached hydrogens (primary N) is 1. The van der Waals surface area contributed by atoms with Gasteiger partial charge < -0.3 is 16.4 Å². The maximum Gasteiger partial charge on any atom is 0.109 e. The zero-order valence-corrected chi connectivity index (χ0v) is 20.1. The Kier molecular flexibility index (Phi) is 12.6. The molecule has 3 nitrogen and oxygen atoms in total. The Bertz CT molecular complexity index is 744. The first kappa shape index (κ1) is 26.7. The van der Waals surface area contributed by atoms with E-state index in [0.29, 0.717) is 13.0 Å². The van der Waals surface area contributed by atoms with Gasteiger partial charge in [-0.3, -0.25) is 0 Å². The number of aryl methyl sites for hydroxylation is 1. The van der Waals surface area contributed by atoms with Crippen molar-refractivity contribution in [3.05, 3.63) is 77.0 Å². The van der Waals surface area contributed by atoms with Crippen molar-refractivity contribution in [1.29, 1.82) is 0 Å². The first-order valence-corrected chi connectivity index (χ1v) is 11.4. The number of rotatable bonds is 11. The lowest BCUT2D eigenvalue weighted by atomic mass is 10.0. The molecule has 0 fully saturated rings. The summed E-state index contributed by atoms with van der Waals surface area (Å²) in [5.41, 5.74) is 10.4. The Labute approximate surface area is 189 Å². The van der Waals surface area contributed by atoms with Crippen LogP contribution in [0.1, 0.15) is 64.2 Å². The molecule has 0 radical (unpaired) electrons.